The zero-order chi connectivity index (χ0) is 17.9. The van der Waals surface area contributed by atoms with Gasteiger partial charge in [-0.05, 0) is 42.8 Å². The van der Waals surface area contributed by atoms with Crippen molar-refractivity contribution in [2.45, 2.75) is 18.4 Å². The molecule has 2 heterocycles. The summed E-state index contributed by atoms with van der Waals surface area (Å²) in [6.45, 7) is 2.33. The fourth-order valence-electron chi connectivity index (χ4n) is 2.41. The van der Waals surface area contributed by atoms with Crippen LogP contribution in [0.15, 0.2) is 59.9 Å². The minimum Gasteiger partial charge on any atom is -0.271 e. The molecule has 1 aromatic carbocycles. The summed E-state index contributed by atoms with van der Waals surface area (Å²) in [5.41, 5.74) is 2.32. The molecule has 3 aromatic rings. The molecule has 1 N–H and O–H groups in total. The highest BCUT2D eigenvalue weighted by atomic mass is 35.5. The first-order valence-electron chi connectivity index (χ1n) is 7.66. The molecule has 0 bridgehead atoms. The SMILES string of the molecule is Cc1c(Cl)cccc1S(=O)(=O)NCCn1ccc(-c2ccncc2)n1. The average Bonchev–Trinajstić information content (AvgIpc) is 3.07. The standard InChI is InChI=1S/C17H17ClN4O2S/c1-13-15(18)3-2-4-17(13)25(23,24)20-10-12-22-11-7-16(21-22)14-5-8-19-9-6-14/h2-9,11,20H,10,12H2,1H3. The van der Waals surface area contributed by atoms with Crippen LogP contribution in [0.1, 0.15) is 5.56 Å². The van der Waals surface area contributed by atoms with Crippen LogP contribution in [0.4, 0.5) is 0 Å². The van der Waals surface area contributed by atoms with Crippen molar-refractivity contribution in [1.82, 2.24) is 19.5 Å². The summed E-state index contributed by atoms with van der Waals surface area (Å²) in [5.74, 6) is 0. The van der Waals surface area contributed by atoms with Crippen molar-refractivity contribution >= 4 is 21.6 Å². The Labute approximate surface area is 151 Å². The number of hydrogen-bond donors (Lipinski definition) is 1. The van der Waals surface area contributed by atoms with Crippen LogP contribution in [0.5, 0.6) is 0 Å². The van der Waals surface area contributed by atoms with E-state index in [9.17, 15) is 8.42 Å². The molecular weight excluding hydrogens is 360 g/mol. The fourth-order valence-corrected chi connectivity index (χ4v) is 3.93. The number of nitrogens with zero attached hydrogens (tertiary/aromatic N) is 3. The molecule has 0 aliphatic rings. The zero-order valence-electron chi connectivity index (χ0n) is 13.6. The number of aromatic nitrogens is 3. The lowest BCUT2D eigenvalue weighted by Gasteiger charge is -2.10. The smallest absolute Gasteiger partial charge is 0.240 e. The Morgan fingerprint density at radius 1 is 1.16 bits per heavy atom. The molecule has 0 radical (unpaired) electrons. The molecule has 0 amide bonds. The number of rotatable bonds is 6. The van der Waals surface area contributed by atoms with E-state index in [1.165, 1.54) is 0 Å². The summed E-state index contributed by atoms with van der Waals surface area (Å²) in [7, 11) is -3.61. The van der Waals surface area contributed by atoms with E-state index in [1.807, 2.05) is 24.4 Å². The molecule has 6 nitrogen and oxygen atoms in total. The van der Waals surface area contributed by atoms with Gasteiger partial charge in [0.1, 0.15) is 0 Å². The van der Waals surface area contributed by atoms with Crippen molar-refractivity contribution < 1.29 is 8.42 Å². The molecule has 0 atom stereocenters. The van der Waals surface area contributed by atoms with E-state index in [1.54, 1.807) is 42.2 Å². The topological polar surface area (TPSA) is 76.9 Å². The normalized spacial score (nSPS) is 11.6. The highest BCUT2D eigenvalue weighted by Gasteiger charge is 2.17. The minimum absolute atomic E-state index is 0.193. The fraction of sp³-hybridized carbons (Fsp3) is 0.176. The largest absolute Gasteiger partial charge is 0.271 e. The molecule has 2 aromatic heterocycles. The predicted octanol–water partition coefficient (Wildman–Crippen LogP) is 2.89. The molecule has 8 heteroatoms. The van der Waals surface area contributed by atoms with Gasteiger partial charge in [-0.25, -0.2) is 13.1 Å². The summed E-state index contributed by atoms with van der Waals surface area (Å²) < 4.78 is 29.1. The molecule has 0 saturated heterocycles. The van der Waals surface area contributed by atoms with Crippen LogP contribution in [0, 0.1) is 6.92 Å². The number of hydrogen-bond acceptors (Lipinski definition) is 4. The Morgan fingerprint density at radius 3 is 2.68 bits per heavy atom. The van der Waals surface area contributed by atoms with Crippen LogP contribution in [0.3, 0.4) is 0 Å². The first-order chi connectivity index (χ1) is 12.0. The van der Waals surface area contributed by atoms with Crippen LogP contribution >= 0.6 is 11.6 Å². The lowest BCUT2D eigenvalue weighted by Crippen LogP contribution is -2.28. The van der Waals surface area contributed by atoms with E-state index in [0.717, 1.165) is 11.3 Å². The van der Waals surface area contributed by atoms with E-state index in [2.05, 4.69) is 14.8 Å². The molecule has 0 aliphatic heterocycles. The first kappa shape index (κ1) is 17.6. The molecule has 0 spiro atoms. The number of sulfonamides is 1. The van der Waals surface area contributed by atoms with Gasteiger partial charge in [0.2, 0.25) is 10.0 Å². The average molecular weight is 377 g/mol. The second-order valence-corrected chi connectivity index (χ2v) is 7.60. The summed E-state index contributed by atoms with van der Waals surface area (Å²) in [6.07, 6.45) is 5.22. The molecule has 0 fully saturated rings. The Morgan fingerprint density at radius 2 is 1.92 bits per heavy atom. The monoisotopic (exact) mass is 376 g/mol. The lowest BCUT2D eigenvalue weighted by atomic mass is 10.2. The first-order valence-corrected chi connectivity index (χ1v) is 9.52. The van der Waals surface area contributed by atoms with Gasteiger partial charge in [0.25, 0.3) is 0 Å². The van der Waals surface area contributed by atoms with Crippen molar-refractivity contribution in [2.75, 3.05) is 6.54 Å². The molecule has 3 rings (SSSR count). The van der Waals surface area contributed by atoms with Crippen molar-refractivity contribution in [3.05, 3.63) is 65.6 Å². The van der Waals surface area contributed by atoms with Crippen molar-refractivity contribution in [3.8, 4) is 11.3 Å². The Balaban J connectivity index is 1.65. The highest BCUT2D eigenvalue weighted by molar-refractivity contribution is 7.89. The van der Waals surface area contributed by atoms with Crippen molar-refractivity contribution in [1.29, 1.82) is 0 Å². The van der Waals surface area contributed by atoms with E-state index in [0.29, 0.717) is 17.1 Å². The minimum atomic E-state index is -3.61. The second kappa shape index (κ2) is 7.35. The van der Waals surface area contributed by atoms with Gasteiger partial charge in [-0.2, -0.15) is 5.10 Å². The van der Waals surface area contributed by atoms with Gasteiger partial charge >= 0.3 is 0 Å². The van der Waals surface area contributed by atoms with Gasteiger partial charge in [0.05, 0.1) is 17.1 Å². The second-order valence-electron chi connectivity index (χ2n) is 5.46. The molecule has 0 aliphatic carbocycles. The summed E-state index contributed by atoms with van der Waals surface area (Å²) in [5, 5.41) is 4.87. The van der Waals surface area contributed by atoms with Gasteiger partial charge in [0.15, 0.2) is 0 Å². The van der Waals surface area contributed by atoms with Crippen LogP contribution in [0.2, 0.25) is 5.02 Å². The number of nitrogens with one attached hydrogen (secondary N) is 1. The summed E-state index contributed by atoms with van der Waals surface area (Å²) >= 11 is 6.00. The molecule has 0 saturated carbocycles. The Kier molecular flexibility index (Phi) is 5.17. The van der Waals surface area contributed by atoms with Gasteiger partial charge in [-0.1, -0.05) is 17.7 Å². The maximum atomic E-state index is 12.4. The van der Waals surface area contributed by atoms with Crippen LogP contribution < -0.4 is 4.72 Å². The van der Waals surface area contributed by atoms with Crippen molar-refractivity contribution in [3.63, 3.8) is 0 Å². The molecule has 25 heavy (non-hydrogen) atoms. The summed E-state index contributed by atoms with van der Waals surface area (Å²) in [4.78, 5) is 4.17. The number of benzene rings is 1. The van der Waals surface area contributed by atoms with Gasteiger partial charge in [-0.15, -0.1) is 0 Å². The molecular formula is C17H17ClN4O2S. The Bertz CT molecular complexity index is 971. The van der Waals surface area contributed by atoms with E-state index < -0.39 is 10.0 Å². The molecule has 0 unspecified atom stereocenters. The Hall–Kier alpha value is -2.22. The van der Waals surface area contributed by atoms with Crippen LogP contribution in [-0.4, -0.2) is 29.7 Å². The number of halogens is 1. The van der Waals surface area contributed by atoms with Crippen molar-refractivity contribution in [2.24, 2.45) is 0 Å². The van der Waals surface area contributed by atoms with Gasteiger partial charge in [-0.3, -0.25) is 9.67 Å². The van der Waals surface area contributed by atoms with Crippen LogP contribution in [0.25, 0.3) is 11.3 Å². The maximum absolute atomic E-state index is 12.4. The highest BCUT2D eigenvalue weighted by Crippen LogP contribution is 2.22. The third kappa shape index (κ3) is 4.07. The molecule has 130 valence electrons. The van der Waals surface area contributed by atoms with Gasteiger partial charge in [0, 0.05) is 35.7 Å². The third-order valence-corrected chi connectivity index (χ3v) is 5.77. The lowest BCUT2D eigenvalue weighted by molar-refractivity contribution is 0.561. The third-order valence-electron chi connectivity index (χ3n) is 3.76. The maximum Gasteiger partial charge on any atom is 0.240 e. The number of pyridine rings is 1. The van der Waals surface area contributed by atoms with E-state index in [-0.39, 0.29) is 11.4 Å². The van der Waals surface area contributed by atoms with E-state index in [4.69, 9.17) is 11.6 Å². The van der Waals surface area contributed by atoms with Crippen LogP contribution in [-0.2, 0) is 16.6 Å². The zero-order valence-corrected chi connectivity index (χ0v) is 15.1. The summed E-state index contributed by atoms with van der Waals surface area (Å²) in [6, 6.07) is 10.5. The van der Waals surface area contributed by atoms with E-state index >= 15 is 0 Å². The predicted molar refractivity (Wildman–Crippen MR) is 96.8 cm³/mol. The van der Waals surface area contributed by atoms with Gasteiger partial charge < -0.3 is 0 Å². The quantitative estimate of drug-likeness (QED) is 0.717.